The number of carbonyl (C=O) groups is 1. The zero-order chi connectivity index (χ0) is 29.1. The number of pyridine rings is 1. The van der Waals surface area contributed by atoms with Gasteiger partial charge in [0, 0.05) is 66.5 Å². The molecule has 8 heteroatoms. The van der Waals surface area contributed by atoms with E-state index in [9.17, 15) is 4.79 Å². The highest BCUT2D eigenvalue weighted by Crippen LogP contribution is 2.37. The minimum Gasteiger partial charge on any atom is -0.339 e. The van der Waals surface area contributed by atoms with Gasteiger partial charge in [0.1, 0.15) is 11.3 Å². The third-order valence-corrected chi connectivity index (χ3v) is 8.24. The summed E-state index contributed by atoms with van der Waals surface area (Å²) < 4.78 is 1.97. The third kappa shape index (κ3) is 5.67. The molecule has 8 nitrogen and oxygen atoms in total. The van der Waals surface area contributed by atoms with Crippen molar-refractivity contribution >= 4 is 22.8 Å². The number of hydrogen-bond donors (Lipinski definition) is 2. The van der Waals surface area contributed by atoms with E-state index < -0.39 is 0 Å². The Balaban J connectivity index is 1.30. The normalized spacial score (nSPS) is 13.6. The van der Waals surface area contributed by atoms with Crippen LogP contribution in [0.2, 0.25) is 0 Å². The Hall–Kier alpha value is -4.43. The number of nitrogens with one attached hydrogen (secondary N) is 2. The topological polar surface area (TPSA) is 82.1 Å². The molecule has 42 heavy (non-hydrogen) atoms. The average Bonchev–Trinajstić information content (AvgIpc) is 3.78. The molecule has 0 unspecified atom stereocenters. The summed E-state index contributed by atoms with van der Waals surface area (Å²) in [5, 5.41) is 8.99. The zero-order valence-electron chi connectivity index (χ0n) is 24.7. The van der Waals surface area contributed by atoms with E-state index in [1.165, 1.54) is 31.5 Å². The number of aryl methyl sites for hydroxylation is 1. The van der Waals surface area contributed by atoms with Gasteiger partial charge in [0.25, 0.3) is 0 Å². The van der Waals surface area contributed by atoms with Gasteiger partial charge in [0.15, 0.2) is 0 Å². The van der Waals surface area contributed by atoms with E-state index in [1.54, 1.807) is 4.90 Å². The highest BCUT2D eigenvalue weighted by atomic mass is 16.2. The molecule has 3 aromatic heterocycles. The Morgan fingerprint density at radius 1 is 0.929 bits per heavy atom. The molecule has 216 valence electrons. The lowest BCUT2D eigenvalue weighted by Gasteiger charge is -2.19. The summed E-state index contributed by atoms with van der Waals surface area (Å²) in [6.45, 7) is 11.6. The van der Waals surface area contributed by atoms with Gasteiger partial charge in [-0.3, -0.25) is 9.58 Å². The molecule has 0 atom stereocenters. The van der Waals surface area contributed by atoms with Gasteiger partial charge in [-0.05, 0) is 87.7 Å². The van der Waals surface area contributed by atoms with Gasteiger partial charge in [-0.15, -0.1) is 0 Å². The smallest absolute Gasteiger partial charge is 0.321 e. The number of rotatable bonds is 9. The average molecular weight is 562 g/mol. The van der Waals surface area contributed by atoms with E-state index >= 15 is 0 Å². The molecular weight excluding hydrogens is 522 g/mol. The standard InChI is InChI=1S/C34H39N7O/c1-4-40(5-2)34(42)36-27-15-13-26(14-16-27)32-30(23-41(6-3)38-32)28-17-18-35-33-29(28)21-31(37-33)25-11-9-24(10-12-25)22-39-19-7-8-20-39/h9-18,21,23H,4-8,19-20,22H2,1-3H3,(H,35,37)(H,36,42). The van der Waals surface area contributed by atoms with Crippen LogP contribution in [0.5, 0.6) is 0 Å². The Kier molecular flexibility index (Phi) is 8.06. The summed E-state index contributed by atoms with van der Waals surface area (Å²) in [5.74, 6) is 0. The van der Waals surface area contributed by atoms with Crippen LogP contribution in [-0.2, 0) is 13.1 Å². The number of aromatic nitrogens is 4. The number of benzene rings is 2. The number of urea groups is 1. The lowest BCUT2D eigenvalue weighted by Crippen LogP contribution is -2.34. The van der Waals surface area contributed by atoms with Crippen LogP contribution in [0.25, 0.3) is 44.7 Å². The number of amides is 2. The summed E-state index contributed by atoms with van der Waals surface area (Å²) >= 11 is 0. The van der Waals surface area contributed by atoms with Crippen LogP contribution in [0.4, 0.5) is 10.5 Å². The van der Waals surface area contributed by atoms with E-state index in [-0.39, 0.29) is 6.03 Å². The molecule has 0 aliphatic carbocycles. The monoisotopic (exact) mass is 561 g/mol. The first-order valence-corrected chi connectivity index (χ1v) is 15.1. The molecule has 0 radical (unpaired) electrons. The van der Waals surface area contributed by atoms with Gasteiger partial charge in [0.2, 0.25) is 0 Å². The predicted octanol–water partition coefficient (Wildman–Crippen LogP) is 7.25. The van der Waals surface area contributed by atoms with Crippen molar-refractivity contribution in [1.82, 2.24) is 29.5 Å². The van der Waals surface area contributed by atoms with Crippen molar-refractivity contribution in [3.63, 3.8) is 0 Å². The van der Waals surface area contributed by atoms with Gasteiger partial charge in [-0.25, -0.2) is 9.78 Å². The summed E-state index contributed by atoms with van der Waals surface area (Å²) in [6.07, 6.45) is 6.58. The number of anilines is 1. The van der Waals surface area contributed by atoms with Crippen molar-refractivity contribution in [2.75, 3.05) is 31.5 Å². The van der Waals surface area contributed by atoms with Gasteiger partial charge in [-0.1, -0.05) is 36.4 Å². The first kappa shape index (κ1) is 27.7. The fourth-order valence-corrected chi connectivity index (χ4v) is 5.82. The molecule has 1 aliphatic heterocycles. The number of hydrogen-bond acceptors (Lipinski definition) is 4. The molecule has 5 aromatic rings. The number of aromatic amines is 1. The van der Waals surface area contributed by atoms with Gasteiger partial charge in [0.05, 0.1) is 0 Å². The van der Waals surface area contributed by atoms with E-state index in [2.05, 4.69) is 69.7 Å². The van der Waals surface area contributed by atoms with Crippen LogP contribution in [0.3, 0.4) is 0 Å². The number of likely N-dealkylation sites (tertiary alicyclic amines) is 1. The second kappa shape index (κ2) is 12.2. The summed E-state index contributed by atoms with van der Waals surface area (Å²) in [7, 11) is 0. The number of H-pyrrole nitrogens is 1. The molecule has 2 aromatic carbocycles. The molecule has 1 saturated heterocycles. The lowest BCUT2D eigenvalue weighted by molar-refractivity contribution is 0.217. The number of nitrogens with zero attached hydrogens (tertiary/aromatic N) is 5. The molecular formula is C34H39N7O. The molecule has 1 aliphatic rings. The van der Waals surface area contributed by atoms with Gasteiger partial charge >= 0.3 is 6.03 Å². The van der Waals surface area contributed by atoms with E-state index in [4.69, 9.17) is 5.10 Å². The quantitative estimate of drug-likeness (QED) is 0.199. The maximum atomic E-state index is 12.5. The number of fused-ring (bicyclic) bond motifs is 1. The Morgan fingerprint density at radius 3 is 2.33 bits per heavy atom. The molecule has 1 fully saturated rings. The van der Waals surface area contributed by atoms with Crippen molar-refractivity contribution in [3.05, 3.63) is 78.6 Å². The van der Waals surface area contributed by atoms with Crippen LogP contribution in [-0.4, -0.2) is 61.8 Å². The van der Waals surface area contributed by atoms with Crippen LogP contribution in [0, 0.1) is 0 Å². The molecule has 6 rings (SSSR count). The maximum Gasteiger partial charge on any atom is 0.321 e. The minimum absolute atomic E-state index is 0.0904. The zero-order valence-corrected chi connectivity index (χ0v) is 24.7. The highest BCUT2D eigenvalue weighted by Gasteiger charge is 2.18. The molecule has 2 amide bonds. The van der Waals surface area contributed by atoms with Crippen LogP contribution < -0.4 is 5.32 Å². The fraction of sp³-hybridized carbons (Fsp3) is 0.324. The summed E-state index contributed by atoms with van der Waals surface area (Å²) in [4.78, 5) is 25.0. The first-order valence-electron chi connectivity index (χ1n) is 15.1. The van der Waals surface area contributed by atoms with Crippen LogP contribution in [0.15, 0.2) is 73.1 Å². The van der Waals surface area contributed by atoms with Crippen molar-refractivity contribution in [2.24, 2.45) is 0 Å². The highest BCUT2D eigenvalue weighted by molar-refractivity contribution is 5.99. The molecule has 2 N–H and O–H groups in total. The van der Waals surface area contributed by atoms with E-state index in [1.807, 2.05) is 49.0 Å². The van der Waals surface area contributed by atoms with Gasteiger partial charge in [-0.2, -0.15) is 5.10 Å². The van der Waals surface area contributed by atoms with Crippen LogP contribution in [0.1, 0.15) is 39.2 Å². The van der Waals surface area contributed by atoms with E-state index in [0.717, 1.165) is 63.5 Å². The van der Waals surface area contributed by atoms with Crippen molar-refractivity contribution in [1.29, 1.82) is 0 Å². The molecule has 4 heterocycles. The second-order valence-electron chi connectivity index (χ2n) is 10.9. The van der Waals surface area contributed by atoms with Crippen molar-refractivity contribution in [3.8, 4) is 33.6 Å². The first-order chi connectivity index (χ1) is 20.6. The molecule has 0 saturated carbocycles. The fourth-order valence-electron chi connectivity index (χ4n) is 5.82. The molecule has 0 spiro atoms. The largest absolute Gasteiger partial charge is 0.339 e. The lowest BCUT2D eigenvalue weighted by atomic mass is 10.00. The Bertz CT molecular complexity index is 1660. The molecule has 0 bridgehead atoms. The second-order valence-corrected chi connectivity index (χ2v) is 10.9. The summed E-state index contributed by atoms with van der Waals surface area (Å²) in [5.41, 5.74) is 9.20. The Morgan fingerprint density at radius 2 is 1.64 bits per heavy atom. The predicted molar refractivity (Wildman–Crippen MR) is 170 cm³/mol. The van der Waals surface area contributed by atoms with Crippen molar-refractivity contribution in [2.45, 2.75) is 46.7 Å². The summed E-state index contributed by atoms with van der Waals surface area (Å²) in [6, 6.07) is 21.0. The van der Waals surface area contributed by atoms with Gasteiger partial charge < -0.3 is 15.2 Å². The van der Waals surface area contributed by atoms with E-state index in [0.29, 0.717) is 13.1 Å². The Labute approximate surface area is 247 Å². The SMILES string of the molecule is CCN(CC)C(=O)Nc1ccc(-c2nn(CC)cc2-c2ccnc3[nH]c(-c4ccc(CN5CCCC5)cc4)cc23)cc1. The third-order valence-electron chi connectivity index (χ3n) is 8.24. The number of carbonyl (C=O) groups excluding carboxylic acids is 1. The van der Waals surface area contributed by atoms with Crippen molar-refractivity contribution < 1.29 is 4.79 Å². The maximum absolute atomic E-state index is 12.5. The van der Waals surface area contributed by atoms with Crippen LogP contribution >= 0.6 is 0 Å². The minimum atomic E-state index is -0.0904.